The SMILES string of the molecule is C=C(Cl)/C=C\C(=C/CCl)CO. The van der Waals surface area contributed by atoms with Crippen molar-refractivity contribution >= 4 is 23.2 Å². The summed E-state index contributed by atoms with van der Waals surface area (Å²) in [7, 11) is 0. The number of halogens is 2. The highest BCUT2D eigenvalue weighted by Crippen LogP contribution is 2.03. The predicted octanol–water partition coefficient (Wildman–Crippen LogP) is 2.45. The molecule has 1 nitrogen and oxygen atoms in total. The molecule has 62 valence electrons. The van der Waals surface area contributed by atoms with Gasteiger partial charge in [-0.25, -0.2) is 0 Å². The molecule has 0 aliphatic rings. The van der Waals surface area contributed by atoms with Crippen molar-refractivity contribution in [2.24, 2.45) is 0 Å². The summed E-state index contributed by atoms with van der Waals surface area (Å²) in [4.78, 5) is 0. The third kappa shape index (κ3) is 6.17. The van der Waals surface area contributed by atoms with Crippen molar-refractivity contribution in [1.29, 1.82) is 0 Å². The van der Waals surface area contributed by atoms with Crippen molar-refractivity contribution in [3.63, 3.8) is 0 Å². The predicted molar refractivity (Wildman–Crippen MR) is 50.0 cm³/mol. The molecule has 0 aromatic rings. The maximum atomic E-state index is 8.72. The van der Waals surface area contributed by atoms with E-state index in [-0.39, 0.29) is 6.61 Å². The van der Waals surface area contributed by atoms with Crippen LogP contribution in [0.1, 0.15) is 0 Å². The minimum absolute atomic E-state index is 0.0343. The Labute approximate surface area is 76.6 Å². The lowest BCUT2D eigenvalue weighted by atomic mass is 10.2. The van der Waals surface area contributed by atoms with E-state index >= 15 is 0 Å². The van der Waals surface area contributed by atoms with E-state index in [1.807, 2.05) is 0 Å². The Morgan fingerprint density at radius 2 is 2.09 bits per heavy atom. The highest BCUT2D eigenvalue weighted by atomic mass is 35.5. The molecule has 0 saturated heterocycles. The van der Waals surface area contributed by atoms with Gasteiger partial charge in [0.1, 0.15) is 0 Å². The van der Waals surface area contributed by atoms with Crippen molar-refractivity contribution in [3.05, 3.63) is 35.4 Å². The van der Waals surface area contributed by atoms with Gasteiger partial charge < -0.3 is 5.11 Å². The molecule has 0 saturated carbocycles. The van der Waals surface area contributed by atoms with Crippen molar-refractivity contribution < 1.29 is 5.11 Å². The summed E-state index contributed by atoms with van der Waals surface area (Å²) < 4.78 is 0. The number of alkyl halides is 1. The summed E-state index contributed by atoms with van der Waals surface area (Å²) in [5, 5.41) is 9.15. The fourth-order valence-electron chi connectivity index (χ4n) is 0.482. The number of aliphatic hydroxyl groups is 1. The van der Waals surface area contributed by atoms with Crippen LogP contribution in [0.3, 0.4) is 0 Å². The summed E-state index contributed by atoms with van der Waals surface area (Å²) in [6.45, 7) is 3.42. The van der Waals surface area contributed by atoms with Crippen LogP contribution in [-0.4, -0.2) is 17.6 Å². The fraction of sp³-hybridized carbons (Fsp3) is 0.250. The molecular weight excluding hydrogens is 183 g/mol. The Kier molecular flexibility index (Phi) is 6.33. The Balaban J connectivity index is 4.08. The van der Waals surface area contributed by atoms with Gasteiger partial charge in [-0.1, -0.05) is 30.3 Å². The summed E-state index contributed by atoms with van der Waals surface area (Å²) in [6, 6.07) is 0. The van der Waals surface area contributed by atoms with Crippen LogP contribution in [0.4, 0.5) is 0 Å². The summed E-state index contributed by atoms with van der Waals surface area (Å²) in [5.74, 6) is 0.384. The third-order valence-electron chi connectivity index (χ3n) is 1.00. The van der Waals surface area contributed by atoms with Gasteiger partial charge in [0.25, 0.3) is 0 Å². The Hall–Kier alpha value is -0.240. The van der Waals surface area contributed by atoms with Crippen LogP contribution in [0.15, 0.2) is 35.4 Å². The molecule has 0 amide bonds. The lowest BCUT2D eigenvalue weighted by molar-refractivity contribution is 0.335. The lowest BCUT2D eigenvalue weighted by Crippen LogP contribution is -1.86. The zero-order valence-electron chi connectivity index (χ0n) is 6.06. The maximum Gasteiger partial charge on any atom is 0.0679 e. The first kappa shape index (κ1) is 10.8. The summed E-state index contributed by atoms with van der Waals surface area (Å²) >= 11 is 10.9. The van der Waals surface area contributed by atoms with Crippen molar-refractivity contribution in [2.45, 2.75) is 0 Å². The van der Waals surface area contributed by atoms with Crippen LogP contribution in [0.5, 0.6) is 0 Å². The normalized spacial score (nSPS) is 12.5. The molecule has 0 aliphatic heterocycles. The van der Waals surface area contributed by atoms with E-state index in [0.717, 1.165) is 5.57 Å². The molecule has 0 bridgehead atoms. The molecule has 1 N–H and O–H groups in total. The van der Waals surface area contributed by atoms with Crippen molar-refractivity contribution in [1.82, 2.24) is 0 Å². The number of allylic oxidation sites excluding steroid dienone is 3. The zero-order valence-corrected chi connectivity index (χ0v) is 7.57. The minimum Gasteiger partial charge on any atom is -0.392 e. The zero-order chi connectivity index (χ0) is 8.69. The maximum absolute atomic E-state index is 8.72. The molecule has 0 aliphatic carbocycles. The fourth-order valence-corrected chi connectivity index (χ4v) is 0.743. The Morgan fingerprint density at radius 3 is 2.45 bits per heavy atom. The van der Waals surface area contributed by atoms with E-state index in [9.17, 15) is 0 Å². The highest BCUT2D eigenvalue weighted by molar-refractivity contribution is 6.30. The number of aliphatic hydroxyl groups excluding tert-OH is 1. The van der Waals surface area contributed by atoms with E-state index in [1.165, 1.54) is 0 Å². The van der Waals surface area contributed by atoms with Crippen LogP contribution in [0.2, 0.25) is 0 Å². The molecule has 0 spiro atoms. The van der Waals surface area contributed by atoms with E-state index in [2.05, 4.69) is 6.58 Å². The molecule has 3 heteroatoms. The van der Waals surface area contributed by atoms with Gasteiger partial charge in [0.05, 0.1) is 6.61 Å². The van der Waals surface area contributed by atoms with E-state index < -0.39 is 0 Å². The molecule has 0 radical (unpaired) electrons. The van der Waals surface area contributed by atoms with Crippen molar-refractivity contribution in [3.8, 4) is 0 Å². The second-order valence-electron chi connectivity index (χ2n) is 1.87. The van der Waals surface area contributed by atoms with Crippen LogP contribution in [0.25, 0.3) is 0 Å². The van der Waals surface area contributed by atoms with Gasteiger partial charge in [-0.3, -0.25) is 0 Å². The summed E-state index contributed by atoms with van der Waals surface area (Å²) in [6.07, 6.45) is 4.99. The van der Waals surface area contributed by atoms with Gasteiger partial charge in [-0.15, -0.1) is 11.6 Å². The molecule has 0 rings (SSSR count). The second kappa shape index (κ2) is 6.47. The molecule has 0 aromatic heterocycles. The van der Waals surface area contributed by atoms with Gasteiger partial charge in [0.15, 0.2) is 0 Å². The van der Waals surface area contributed by atoms with E-state index in [4.69, 9.17) is 28.3 Å². The lowest BCUT2D eigenvalue weighted by Gasteiger charge is -1.93. The average Bonchev–Trinajstić information content (AvgIpc) is 1.97. The first-order valence-corrected chi connectivity index (χ1v) is 4.00. The topological polar surface area (TPSA) is 20.2 Å². The second-order valence-corrected chi connectivity index (χ2v) is 2.67. The minimum atomic E-state index is -0.0343. The largest absolute Gasteiger partial charge is 0.392 e. The first-order valence-electron chi connectivity index (χ1n) is 3.09. The van der Waals surface area contributed by atoms with Gasteiger partial charge in [0.2, 0.25) is 0 Å². The first-order chi connectivity index (χ1) is 5.20. The standard InChI is InChI=1S/C8H10Cl2O/c1-7(10)2-3-8(6-11)4-5-9/h2-4,11H,1,5-6H2/b3-2-,8-4+. The van der Waals surface area contributed by atoms with Crippen molar-refractivity contribution in [2.75, 3.05) is 12.5 Å². The molecule has 11 heavy (non-hydrogen) atoms. The van der Waals surface area contributed by atoms with E-state index in [0.29, 0.717) is 10.9 Å². The van der Waals surface area contributed by atoms with Gasteiger partial charge in [-0.05, 0) is 11.6 Å². The smallest absolute Gasteiger partial charge is 0.0679 e. The van der Waals surface area contributed by atoms with Crippen LogP contribution >= 0.6 is 23.2 Å². The Morgan fingerprint density at radius 1 is 1.45 bits per heavy atom. The monoisotopic (exact) mass is 192 g/mol. The molecule has 0 aromatic carbocycles. The highest BCUT2D eigenvalue weighted by Gasteiger charge is 1.87. The van der Waals surface area contributed by atoms with Gasteiger partial charge in [0, 0.05) is 10.9 Å². The molecule has 0 heterocycles. The van der Waals surface area contributed by atoms with E-state index in [1.54, 1.807) is 18.2 Å². The van der Waals surface area contributed by atoms with Crippen LogP contribution in [0, 0.1) is 0 Å². The number of hydrogen-bond donors (Lipinski definition) is 1. The molecule has 0 fully saturated rings. The molecule has 0 atom stereocenters. The van der Waals surface area contributed by atoms with Crippen LogP contribution in [-0.2, 0) is 0 Å². The van der Waals surface area contributed by atoms with Crippen LogP contribution < -0.4 is 0 Å². The summed E-state index contributed by atoms with van der Waals surface area (Å²) in [5.41, 5.74) is 0.738. The Bertz CT molecular complexity index is 183. The third-order valence-corrected chi connectivity index (χ3v) is 1.28. The van der Waals surface area contributed by atoms with Gasteiger partial charge in [-0.2, -0.15) is 0 Å². The molecule has 0 unspecified atom stereocenters. The molecular formula is C8H10Cl2O. The number of hydrogen-bond acceptors (Lipinski definition) is 1. The van der Waals surface area contributed by atoms with Gasteiger partial charge >= 0.3 is 0 Å². The number of rotatable bonds is 4. The average molecular weight is 193 g/mol. The quantitative estimate of drug-likeness (QED) is 0.537.